The maximum absolute atomic E-state index is 11.9. The van der Waals surface area contributed by atoms with E-state index >= 15 is 0 Å². The number of carbonyl (C=O) groups is 1. The number of piperidine rings is 1. The predicted molar refractivity (Wildman–Crippen MR) is 88.3 cm³/mol. The summed E-state index contributed by atoms with van der Waals surface area (Å²) in [6.07, 6.45) is 1.63. The molecule has 4 heteroatoms. The Morgan fingerprint density at radius 1 is 1.27 bits per heavy atom. The van der Waals surface area contributed by atoms with Crippen LogP contribution in [0.5, 0.6) is 0 Å². The lowest BCUT2D eigenvalue weighted by Crippen LogP contribution is -2.45. The zero-order valence-electron chi connectivity index (χ0n) is 13.7. The molecule has 0 spiro atoms. The predicted octanol–water partition coefficient (Wildman–Crippen LogP) is 2.17. The van der Waals surface area contributed by atoms with Crippen LogP contribution in [0.4, 0.5) is 0 Å². The highest BCUT2D eigenvalue weighted by Gasteiger charge is 2.22. The molecule has 1 aromatic carbocycles. The van der Waals surface area contributed by atoms with Crippen molar-refractivity contribution < 1.29 is 9.90 Å². The van der Waals surface area contributed by atoms with Crippen LogP contribution in [0.3, 0.4) is 0 Å². The van der Waals surface area contributed by atoms with Crippen molar-refractivity contribution in [3.63, 3.8) is 0 Å². The summed E-state index contributed by atoms with van der Waals surface area (Å²) in [6, 6.07) is 10.7. The first-order valence-corrected chi connectivity index (χ1v) is 8.28. The third-order valence-corrected chi connectivity index (χ3v) is 4.37. The van der Waals surface area contributed by atoms with Crippen LogP contribution in [0.2, 0.25) is 0 Å². The molecule has 1 aliphatic heterocycles. The normalized spacial score (nSPS) is 18.4. The van der Waals surface area contributed by atoms with Crippen molar-refractivity contribution >= 4 is 5.91 Å². The average Bonchev–Trinajstić information content (AvgIpc) is 2.50. The molecule has 0 aromatic heterocycles. The molecule has 1 fully saturated rings. The number of carbonyl (C=O) groups excluding carboxylic acids is 1. The third-order valence-electron chi connectivity index (χ3n) is 4.37. The van der Waals surface area contributed by atoms with E-state index in [1.165, 1.54) is 5.56 Å². The van der Waals surface area contributed by atoms with Crippen molar-refractivity contribution in [1.29, 1.82) is 0 Å². The van der Waals surface area contributed by atoms with E-state index in [9.17, 15) is 9.90 Å². The zero-order valence-corrected chi connectivity index (χ0v) is 13.7. The number of hydrogen-bond acceptors (Lipinski definition) is 3. The van der Waals surface area contributed by atoms with Crippen LogP contribution < -0.4 is 5.32 Å². The Bertz CT molecular complexity index is 453. The molecule has 1 unspecified atom stereocenters. The molecule has 0 saturated carbocycles. The molecule has 22 heavy (non-hydrogen) atoms. The molecule has 0 bridgehead atoms. The van der Waals surface area contributed by atoms with Gasteiger partial charge in [-0.25, -0.2) is 0 Å². The SMILES string of the molecule is CC(C)C(O)CC(=O)NC1CCN(Cc2ccccc2)CC1. The minimum Gasteiger partial charge on any atom is -0.392 e. The molecule has 1 amide bonds. The van der Waals surface area contributed by atoms with Crippen LogP contribution >= 0.6 is 0 Å². The van der Waals surface area contributed by atoms with Crippen LogP contribution in [-0.2, 0) is 11.3 Å². The lowest BCUT2D eigenvalue weighted by Gasteiger charge is -2.32. The Labute approximate surface area is 133 Å². The Hall–Kier alpha value is -1.39. The van der Waals surface area contributed by atoms with Crippen LogP contribution in [0.1, 0.15) is 38.7 Å². The van der Waals surface area contributed by atoms with Gasteiger partial charge < -0.3 is 10.4 Å². The summed E-state index contributed by atoms with van der Waals surface area (Å²) >= 11 is 0. The highest BCUT2D eigenvalue weighted by molar-refractivity contribution is 5.76. The van der Waals surface area contributed by atoms with E-state index in [1.54, 1.807) is 0 Å². The zero-order chi connectivity index (χ0) is 15.9. The molecule has 1 aliphatic rings. The first-order chi connectivity index (χ1) is 10.5. The molecule has 122 valence electrons. The van der Waals surface area contributed by atoms with E-state index < -0.39 is 6.10 Å². The van der Waals surface area contributed by atoms with E-state index in [4.69, 9.17) is 0 Å². The second-order valence-corrected chi connectivity index (χ2v) is 6.62. The standard InChI is InChI=1S/C18H28N2O2/c1-14(2)17(21)12-18(22)19-16-8-10-20(11-9-16)13-15-6-4-3-5-7-15/h3-7,14,16-17,21H,8-13H2,1-2H3,(H,19,22). The van der Waals surface area contributed by atoms with Gasteiger partial charge in [0.2, 0.25) is 5.91 Å². The van der Waals surface area contributed by atoms with E-state index in [-0.39, 0.29) is 24.3 Å². The topological polar surface area (TPSA) is 52.6 Å². The molecule has 2 N–H and O–H groups in total. The quantitative estimate of drug-likeness (QED) is 0.847. The fourth-order valence-electron chi connectivity index (χ4n) is 2.79. The van der Waals surface area contributed by atoms with Crippen molar-refractivity contribution in [3.05, 3.63) is 35.9 Å². The molecule has 4 nitrogen and oxygen atoms in total. The summed E-state index contributed by atoms with van der Waals surface area (Å²) in [6.45, 7) is 6.85. The van der Waals surface area contributed by atoms with E-state index in [0.29, 0.717) is 0 Å². The fourth-order valence-corrected chi connectivity index (χ4v) is 2.79. The van der Waals surface area contributed by atoms with Gasteiger partial charge in [0.05, 0.1) is 12.5 Å². The van der Waals surface area contributed by atoms with E-state index in [2.05, 4.69) is 34.5 Å². The van der Waals surface area contributed by atoms with Crippen molar-refractivity contribution in [2.45, 2.75) is 51.8 Å². The lowest BCUT2D eigenvalue weighted by molar-refractivity contribution is -0.124. The largest absolute Gasteiger partial charge is 0.392 e. The first-order valence-electron chi connectivity index (χ1n) is 8.28. The Morgan fingerprint density at radius 2 is 1.91 bits per heavy atom. The van der Waals surface area contributed by atoms with Gasteiger partial charge in [-0.15, -0.1) is 0 Å². The number of likely N-dealkylation sites (tertiary alicyclic amines) is 1. The maximum Gasteiger partial charge on any atom is 0.222 e. The van der Waals surface area contributed by atoms with Crippen molar-refractivity contribution in [2.75, 3.05) is 13.1 Å². The van der Waals surface area contributed by atoms with Gasteiger partial charge in [0, 0.05) is 25.7 Å². The van der Waals surface area contributed by atoms with E-state index in [1.807, 2.05) is 19.9 Å². The Kier molecular flexibility index (Phi) is 6.40. The summed E-state index contributed by atoms with van der Waals surface area (Å²) in [5.74, 6) is 0.0983. The number of aliphatic hydroxyl groups excluding tert-OH is 1. The number of aliphatic hydroxyl groups is 1. The minimum absolute atomic E-state index is 0.0253. The lowest BCUT2D eigenvalue weighted by atomic mass is 10.0. The van der Waals surface area contributed by atoms with Gasteiger partial charge in [-0.1, -0.05) is 44.2 Å². The molecule has 0 aliphatic carbocycles. The number of amides is 1. The molecular formula is C18H28N2O2. The highest BCUT2D eigenvalue weighted by Crippen LogP contribution is 2.14. The van der Waals surface area contributed by atoms with Crippen LogP contribution in [0.15, 0.2) is 30.3 Å². The van der Waals surface area contributed by atoms with Gasteiger partial charge in [-0.2, -0.15) is 0 Å². The Balaban J connectivity index is 1.70. The molecule has 1 aromatic rings. The Morgan fingerprint density at radius 3 is 2.50 bits per heavy atom. The van der Waals surface area contributed by atoms with Crippen molar-refractivity contribution in [3.8, 4) is 0 Å². The van der Waals surface area contributed by atoms with Gasteiger partial charge in [-0.3, -0.25) is 9.69 Å². The second-order valence-electron chi connectivity index (χ2n) is 6.62. The summed E-state index contributed by atoms with van der Waals surface area (Å²) < 4.78 is 0. The third kappa shape index (κ3) is 5.43. The average molecular weight is 304 g/mol. The maximum atomic E-state index is 11.9. The monoisotopic (exact) mass is 304 g/mol. The number of hydrogen-bond donors (Lipinski definition) is 2. The summed E-state index contributed by atoms with van der Waals surface area (Å²) in [5.41, 5.74) is 1.34. The van der Waals surface area contributed by atoms with Gasteiger partial charge in [0.15, 0.2) is 0 Å². The summed E-state index contributed by atoms with van der Waals surface area (Å²) in [5, 5.41) is 12.8. The van der Waals surface area contributed by atoms with Gasteiger partial charge >= 0.3 is 0 Å². The van der Waals surface area contributed by atoms with Crippen LogP contribution in [-0.4, -0.2) is 41.1 Å². The van der Waals surface area contributed by atoms with E-state index in [0.717, 1.165) is 32.5 Å². The van der Waals surface area contributed by atoms with Crippen LogP contribution in [0.25, 0.3) is 0 Å². The van der Waals surface area contributed by atoms with Crippen LogP contribution in [0, 0.1) is 5.92 Å². The molecular weight excluding hydrogens is 276 g/mol. The number of nitrogens with one attached hydrogen (secondary N) is 1. The van der Waals surface area contributed by atoms with Gasteiger partial charge in [-0.05, 0) is 24.3 Å². The second kappa shape index (κ2) is 8.30. The summed E-state index contributed by atoms with van der Waals surface area (Å²) in [7, 11) is 0. The highest BCUT2D eigenvalue weighted by atomic mass is 16.3. The van der Waals surface area contributed by atoms with Gasteiger partial charge in [0.1, 0.15) is 0 Å². The molecule has 1 heterocycles. The number of benzene rings is 1. The minimum atomic E-state index is -0.543. The first kappa shape index (κ1) is 17.0. The molecule has 1 saturated heterocycles. The van der Waals surface area contributed by atoms with Crippen molar-refractivity contribution in [1.82, 2.24) is 10.2 Å². The van der Waals surface area contributed by atoms with Crippen molar-refractivity contribution in [2.24, 2.45) is 5.92 Å². The molecule has 0 radical (unpaired) electrons. The fraction of sp³-hybridized carbons (Fsp3) is 0.611. The number of rotatable bonds is 6. The van der Waals surface area contributed by atoms with Gasteiger partial charge in [0.25, 0.3) is 0 Å². The summed E-state index contributed by atoms with van der Waals surface area (Å²) in [4.78, 5) is 14.3. The molecule has 2 rings (SSSR count). The molecule has 1 atom stereocenters. The number of nitrogens with zero attached hydrogens (tertiary/aromatic N) is 1. The smallest absolute Gasteiger partial charge is 0.222 e.